The molecular formula is C20H24N4O. The molecular weight excluding hydrogens is 312 g/mol. The second-order valence-electron chi connectivity index (χ2n) is 6.84. The number of nitrogens with one attached hydrogen (secondary N) is 1. The monoisotopic (exact) mass is 336 g/mol. The number of aromatic nitrogens is 3. The zero-order chi connectivity index (χ0) is 17.4. The minimum absolute atomic E-state index is 0.565. The van der Waals surface area contributed by atoms with Gasteiger partial charge in [0.2, 0.25) is 0 Å². The lowest BCUT2D eigenvalue weighted by Crippen LogP contribution is -2.34. The summed E-state index contributed by atoms with van der Waals surface area (Å²) in [6.07, 6.45) is 6.26. The van der Waals surface area contributed by atoms with Crippen molar-refractivity contribution in [2.75, 3.05) is 25.1 Å². The summed E-state index contributed by atoms with van der Waals surface area (Å²) >= 11 is 0. The van der Waals surface area contributed by atoms with E-state index >= 15 is 0 Å². The van der Waals surface area contributed by atoms with E-state index in [9.17, 15) is 0 Å². The van der Waals surface area contributed by atoms with Crippen LogP contribution in [0.1, 0.15) is 35.7 Å². The van der Waals surface area contributed by atoms with Gasteiger partial charge >= 0.3 is 0 Å². The Kier molecular flexibility index (Phi) is 4.07. The van der Waals surface area contributed by atoms with Crippen LogP contribution in [-0.2, 0) is 0 Å². The standard InChI is InChI=1S/C20H24N4O/c1-13-11-21-14(2)20(23-13)24-8-6-15(7-9-24)18-12-22-19-5-4-16(25-3)10-17(18)19/h4-5,10-12,15,22H,6-9H2,1-3H3. The first-order chi connectivity index (χ1) is 12.2. The van der Waals surface area contributed by atoms with Crippen LogP contribution in [0.3, 0.4) is 0 Å². The Bertz CT molecular complexity index is 894. The zero-order valence-electron chi connectivity index (χ0n) is 15.0. The molecule has 5 nitrogen and oxygen atoms in total. The summed E-state index contributed by atoms with van der Waals surface area (Å²) in [4.78, 5) is 14.9. The van der Waals surface area contributed by atoms with Gasteiger partial charge in [-0.2, -0.15) is 0 Å². The highest BCUT2D eigenvalue weighted by atomic mass is 16.5. The number of H-pyrrole nitrogens is 1. The number of hydrogen-bond donors (Lipinski definition) is 1. The van der Waals surface area contributed by atoms with E-state index < -0.39 is 0 Å². The lowest BCUT2D eigenvalue weighted by molar-refractivity contribution is 0.415. The molecule has 5 heteroatoms. The third-order valence-corrected chi connectivity index (χ3v) is 5.21. The van der Waals surface area contributed by atoms with Crippen LogP contribution in [0.2, 0.25) is 0 Å². The molecule has 0 radical (unpaired) electrons. The van der Waals surface area contributed by atoms with Crippen molar-refractivity contribution >= 4 is 16.7 Å². The second kappa shape index (κ2) is 6.39. The van der Waals surface area contributed by atoms with E-state index in [-0.39, 0.29) is 0 Å². The molecule has 4 rings (SSSR count). The van der Waals surface area contributed by atoms with Gasteiger partial charge in [0.15, 0.2) is 0 Å². The van der Waals surface area contributed by atoms with Crippen molar-refractivity contribution < 1.29 is 4.74 Å². The molecule has 0 amide bonds. The van der Waals surface area contributed by atoms with Crippen molar-refractivity contribution in [3.8, 4) is 5.75 Å². The molecule has 1 fully saturated rings. The van der Waals surface area contributed by atoms with E-state index in [0.29, 0.717) is 5.92 Å². The van der Waals surface area contributed by atoms with Crippen LogP contribution in [0.4, 0.5) is 5.82 Å². The van der Waals surface area contributed by atoms with E-state index in [1.54, 1.807) is 7.11 Å². The summed E-state index contributed by atoms with van der Waals surface area (Å²) in [5, 5.41) is 1.28. The fourth-order valence-corrected chi connectivity index (χ4v) is 3.81. The first-order valence-electron chi connectivity index (χ1n) is 8.86. The van der Waals surface area contributed by atoms with Crippen molar-refractivity contribution in [3.63, 3.8) is 0 Å². The van der Waals surface area contributed by atoms with Gasteiger partial charge in [-0.25, -0.2) is 4.98 Å². The molecule has 1 aliphatic rings. The summed E-state index contributed by atoms with van der Waals surface area (Å²) < 4.78 is 5.40. The predicted molar refractivity (Wildman–Crippen MR) is 101 cm³/mol. The van der Waals surface area contributed by atoms with Gasteiger partial charge in [0, 0.05) is 36.4 Å². The number of hydrogen-bond acceptors (Lipinski definition) is 4. The molecule has 0 spiro atoms. The Labute approximate surface area is 148 Å². The molecule has 2 aromatic heterocycles. The van der Waals surface area contributed by atoms with Crippen LogP contribution in [0.25, 0.3) is 10.9 Å². The van der Waals surface area contributed by atoms with Gasteiger partial charge in [0.25, 0.3) is 0 Å². The molecule has 1 aliphatic heterocycles. The highest BCUT2D eigenvalue weighted by molar-refractivity contribution is 5.85. The summed E-state index contributed by atoms with van der Waals surface area (Å²) in [5.41, 5.74) is 4.58. The maximum absolute atomic E-state index is 5.40. The molecule has 0 unspecified atom stereocenters. The quantitative estimate of drug-likeness (QED) is 0.786. The van der Waals surface area contributed by atoms with Crippen molar-refractivity contribution in [1.82, 2.24) is 15.0 Å². The fraction of sp³-hybridized carbons (Fsp3) is 0.400. The van der Waals surface area contributed by atoms with Crippen LogP contribution in [0.5, 0.6) is 5.75 Å². The van der Waals surface area contributed by atoms with E-state index in [0.717, 1.165) is 48.9 Å². The first-order valence-corrected chi connectivity index (χ1v) is 8.86. The number of ether oxygens (including phenoxy) is 1. The Balaban J connectivity index is 1.55. The van der Waals surface area contributed by atoms with Crippen molar-refractivity contribution in [2.24, 2.45) is 0 Å². The Morgan fingerprint density at radius 2 is 2.00 bits per heavy atom. The molecule has 25 heavy (non-hydrogen) atoms. The number of rotatable bonds is 3. The third-order valence-electron chi connectivity index (χ3n) is 5.21. The number of aromatic amines is 1. The Hall–Kier alpha value is -2.56. The van der Waals surface area contributed by atoms with Crippen LogP contribution in [-0.4, -0.2) is 35.2 Å². The molecule has 0 bridgehead atoms. The molecule has 0 aliphatic carbocycles. The highest BCUT2D eigenvalue weighted by Crippen LogP contribution is 2.35. The molecule has 1 saturated heterocycles. The van der Waals surface area contributed by atoms with Crippen molar-refractivity contribution in [3.05, 3.63) is 47.5 Å². The molecule has 130 valence electrons. The number of methoxy groups -OCH3 is 1. The third kappa shape index (κ3) is 2.95. The predicted octanol–water partition coefficient (Wildman–Crippen LogP) is 3.97. The Morgan fingerprint density at radius 3 is 2.76 bits per heavy atom. The Morgan fingerprint density at radius 1 is 1.20 bits per heavy atom. The van der Waals surface area contributed by atoms with Gasteiger partial charge in [0.1, 0.15) is 11.6 Å². The normalized spacial score (nSPS) is 15.7. The maximum atomic E-state index is 5.40. The number of piperidine rings is 1. The van der Waals surface area contributed by atoms with Gasteiger partial charge in [-0.15, -0.1) is 0 Å². The summed E-state index contributed by atoms with van der Waals surface area (Å²) in [5.74, 6) is 2.52. The van der Waals surface area contributed by atoms with E-state index in [4.69, 9.17) is 9.72 Å². The zero-order valence-corrected chi connectivity index (χ0v) is 15.0. The van der Waals surface area contributed by atoms with Crippen LogP contribution >= 0.6 is 0 Å². The summed E-state index contributed by atoms with van der Waals surface area (Å²) in [6.45, 7) is 6.07. The second-order valence-corrected chi connectivity index (χ2v) is 6.84. The largest absolute Gasteiger partial charge is 0.497 e. The SMILES string of the molecule is COc1ccc2[nH]cc(C3CCN(c4nc(C)cnc4C)CC3)c2c1. The lowest BCUT2D eigenvalue weighted by Gasteiger charge is -2.33. The molecule has 3 heterocycles. The number of nitrogens with zero attached hydrogens (tertiary/aromatic N) is 3. The number of benzene rings is 1. The molecule has 3 aromatic rings. The van der Waals surface area contributed by atoms with Crippen molar-refractivity contribution in [1.29, 1.82) is 0 Å². The average Bonchev–Trinajstić information content (AvgIpc) is 3.07. The topological polar surface area (TPSA) is 54.0 Å². The number of fused-ring (bicyclic) bond motifs is 1. The van der Waals surface area contributed by atoms with Gasteiger partial charge in [-0.05, 0) is 56.4 Å². The van der Waals surface area contributed by atoms with E-state index in [2.05, 4.69) is 33.2 Å². The van der Waals surface area contributed by atoms with Gasteiger partial charge in [-0.1, -0.05) is 0 Å². The van der Waals surface area contributed by atoms with E-state index in [1.807, 2.05) is 26.1 Å². The maximum Gasteiger partial charge on any atom is 0.150 e. The van der Waals surface area contributed by atoms with Gasteiger partial charge in [-0.3, -0.25) is 4.98 Å². The van der Waals surface area contributed by atoms with Crippen molar-refractivity contribution in [2.45, 2.75) is 32.6 Å². The molecule has 0 atom stereocenters. The van der Waals surface area contributed by atoms with Crippen LogP contribution in [0, 0.1) is 13.8 Å². The number of aryl methyl sites for hydroxylation is 2. The first kappa shape index (κ1) is 15.9. The molecule has 1 aromatic carbocycles. The number of anilines is 1. The van der Waals surface area contributed by atoms with Crippen LogP contribution in [0.15, 0.2) is 30.6 Å². The molecule has 0 saturated carbocycles. The van der Waals surface area contributed by atoms with Crippen LogP contribution < -0.4 is 9.64 Å². The summed E-state index contributed by atoms with van der Waals surface area (Å²) in [7, 11) is 1.72. The minimum Gasteiger partial charge on any atom is -0.497 e. The average molecular weight is 336 g/mol. The summed E-state index contributed by atoms with van der Waals surface area (Å²) in [6, 6.07) is 6.24. The highest BCUT2D eigenvalue weighted by Gasteiger charge is 2.24. The minimum atomic E-state index is 0.565. The smallest absolute Gasteiger partial charge is 0.150 e. The van der Waals surface area contributed by atoms with Gasteiger partial charge < -0.3 is 14.6 Å². The van der Waals surface area contributed by atoms with Gasteiger partial charge in [0.05, 0.1) is 18.5 Å². The lowest BCUT2D eigenvalue weighted by atomic mass is 9.89. The fourth-order valence-electron chi connectivity index (χ4n) is 3.81. The molecule has 1 N–H and O–H groups in total. The van der Waals surface area contributed by atoms with E-state index in [1.165, 1.54) is 16.5 Å².